The fourth-order valence-corrected chi connectivity index (χ4v) is 3.05. The average Bonchev–Trinajstić information content (AvgIpc) is 2.77. The maximum atomic E-state index is 4.64. The highest BCUT2D eigenvalue weighted by atomic mass is 15.3. The summed E-state index contributed by atoms with van der Waals surface area (Å²) >= 11 is 0. The summed E-state index contributed by atoms with van der Waals surface area (Å²) in [6.07, 6.45) is 3.15. The Labute approximate surface area is 128 Å². The number of hydrogen-bond donors (Lipinski definition) is 1. The number of nitrogens with one attached hydrogen (secondary N) is 1. The molecule has 21 heavy (non-hydrogen) atoms. The van der Waals surface area contributed by atoms with Crippen molar-refractivity contribution in [1.29, 1.82) is 0 Å². The Morgan fingerprint density at radius 1 is 1.14 bits per heavy atom. The van der Waals surface area contributed by atoms with Crippen LogP contribution in [0.2, 0.25) is 0 Å². The molecule has 1 atom stereocenters. The minimum atomic E-state index is 0.338. The number of aryl methyl sites for hydroxylation is 3. The summed E-state index contributed by atoms with van der Waals surface area (Å²) in [7, 11) is 0. The van der Waals surface area contributed by atoms with Gasteiger partial charge >= 0.3 is 0 Å². The molecule has 0 aliphatic rings. The van der Waals surface area contributed by atoms with Crippen LogP contribution in [0.5, 0.6) is 0 Å². The van der Waals surface area contributed by atoms with Crippen molar-refractivity contribution in [2.24, 2.45) is 0 Å². The van der Waals surface area contributed by atoms with Crippen molar-refractivity contribution in [2.45, 2.75) is 54.0 Å². The van der Waals surface area contributed by atoms with E-state index in [4.69, 9.17) is 0 Å². The Morgan fingerprint density at radius 3 is 2.33 bits per heavy atom. The third-order valence-electron chi connectivity index (χ3n) is 4.06. The van der Waals surface area contributed by atoms with E-state index in [9.17, 15) is 0 Å². The van der Waals surface area contributed by atoms with Crippen molar-refractivity contribution in [2.75, 3.05) is 6.54 Å². The van der Waals surface area contributed by atoms with Gasteiger partial charge in [0.15, 0.2) is 0 Å². The van der Waals surface area contributed by atoms with Crippen molar-refractivity contribution in [3.05, 3.63) is 46.3 Å². The number of hydrogen-bond acceptors (Lipinski definition) is 2. The molecule has 0 radical (unpaired) electrons. The SMILES string of the molecule is CCCNC(C)c1cnn(-c2c(C)cc(C)cc2C)c1C. The zero-order chi connectivity index (χ0) is 15.6. The smallest absolute Gasteiger partial charge is 0.0707 e. The van der Waals surface area contributed by atoms with Crippen LogP contribution in [0, 0.1) is 27.7 Å². The van der Waals surface area contributed by atoms with Gasteiger partial charge in [0.05, 0.1) is 11.9 Å². The topological polar surface area (TPSA) is 29.9 Å². The zero-order valence-electron chi connectivity index (χ0n) is 14.1. The van der Waals surface area contributed by atoms with Gasteiger partial charge in [0.25, 0.3) is 0 Å². The second-order valence-corrected chi connectivity index (χ2v) is 6.02. The van der Waals surface area contributed by atoms with Gasteiger partial charge in [-0.25, -0.2) is 4.68 Å². The Morgan fingerprint density at radius 2 is 1.76 bits per heavy atom. The number of benzene rings is 1. The predicted octanol–water partition coefficient (Wildman–Crippen LogP) is 4.17. The summed E-state index contributed by atoms with van der Waals surface area (Å²) in [4.78, 5) is 0. The molecule has 0 bridgehead atoms. The lowest BCUT2D eigenvalue weighted by molar-refractivity contribution is 0.568. The highest BCUT2D eigenvalue weighted by Crippen LogP contribution is 2.25. The molecule has 1 aromatic heterocycles. The first-order chi connectivity index (χ1) is 9.95. The first kappa shape index (κ1) is 15.8. The van der Waals surface area contributed by atoms with E-state index >= 15 is 0 Å². The van der Waals surface area contributed by atoms with Crippen LogP contribution in [0.3, 0.4) is 0 Å². The highest BCUT2D eigenvalue weighted by molar-refractivity contribution is 5.50. The van der Waals surface area contributed by atoms with Gasteiger partial charge in [-0.1, -0.05) is 24.6 Å². The fraction of sp³-hybridized carbons (Fsp3) is 0.500. The van der Waals surface area contributed by atoms with Crippen LogP contribution in [0.25, 0.3) is 5.69 Å². The molecule has 0 spiro atoms. The molecule has 0 aliphatic heterocycles. The fourth-order valence-electron chi connectivity index (χ4n) is 3.05. The Balaban J connectivity index is 2.41. The second-order valence-electron chi connectivity index (χ2n) is 6.02. The summed E-state index contributed by atoms with van der Waals surface area (Å²) < 4.78 is 2.09. The second kappa shape index (κ2) is 6.44. The Bertz CT molecular complexity index is 602. The van der Waals surface area contributed by atoms with Crippen LogP contribution in [-0.4, -0.2) is 16.3 Å². The van der Waals surface area contributed by atoms with E-state index in [0.717, 1.165) is 13.0 Å². The quantitative estimate of drug-likeness (QED) is 0.893. The van der Waals surface area contributed by atoms with E-state index in [1.165, 1.54) is 33.6 Å². The van der Waals surface area contributed by atoms with Crippen molar-refractivity contribution in [3.63, 3.8) is 0 Å². The standard InChI is InChI=1S/C18H27N3/c1-7-8-19-15(5)17-11-20-21(16(17)6)18-13(3)9-12(2)10-14(18)4/h9-11,15,19H,7-8H2,1-6H3. The van der Waals surface area contributed by atoms with E-state index < -0.39 is 0 Å². The maximum absolute atomic E-state index is 4.64. The Kier molecular flexibility index (Phi) is 4.84. The molecule has 2 rings (SSSR count). The highest BCUT2D eigenvalue weighted by Gasteiger charge is 2.16. The number of rotatable bonds is 5. The normalized spacial score (nSPS) is 12.7. The minimum Gasteiger partial charge on any atom is -0.310 e. The first-order valence-corrected chi connectivity index (χ1v) is 7.81. The molecule has 1 heterocycles. The number of aromatic nitrogens is 2. The van der Waals surface area contributed by atoms with E-state index in [1.807, 2.05) is 6.20 Å². The van der Waals surface area contributed by atoms with Gasteiger partial charge in [0, 0.05) is 17.3 Å². The molecule has 0 amide bonds. The van der Waals surface area contributed by atoms with Crippen LogP contribution in [0.15, 0.2) is 18.3 Å². The average molecular weight is 285 g/mol. The molecule has 114 valence electrons. The summed E-state index contributed by atoms with van der Waals surface area (Å²) in [6, 6.07) is 4.79. The molecule has 0 saturated heterocycles. The van der Waals surface area contributed by atoms with E-state index in [2.05, 4.69) is 68.8 Å². The summed E-state index contributed by atoms with van der Waals surface area (Å²) in [5, 5.41) is 8.18. The van der Waals surface area contributed by atoms with Gasteiger partial charge in [-0.15, -0.1) is 0 Å². The molecule has 2 aromatic rings. The van der Waals surface area contributed by atoms with Gasteiger partial charge in [0.1, 0.15) is 0 Å². The van der Waals surface area contributed by atoms with E-state index in [-0.39, 0.29) is 0 Å². The van der Waals surface area contributed by atoms with Gasteiger partial charge in [0.2, 0.25) is 0 Å². The van der Waals surface area contributed by atoms with E-state index in [1.54, 1.807) is 0 Å². The largest absolute Gasteiger partial charge is 0.310 e. The lowest BCUT2D eigenvalue weighted by Crippen LogP contribution is -2.19. The monoisotopic (exact) mass is 285 g/mol. The van der Waals surface area contributed by atoms with Crippen molar-refractivity contribution >= 4 is 0 Å². The minimum absolute atomic E-state index is 0.338. The zero-order valence-corrected chi connectivity index (χ0v) is 14.1. The van der Waals surface area contributed by atoms with E-state index in [0.29, 0.717) is 6.04 Å². The van der Waals surface area contributed by atoms with Crippen LogP contribution in [0.1, 0.15) is 54.3 Å². The number of nitrogens with zero attached hydrogens (tertiary/aromatic N) is 2. The lowest BCUT2D eigenvalue weighted by Gasteiger charge is -2.16. The molecule has 3 heteroatoms. The van der Waals surface area contributed by atoms with Crippen LogP contribution in [0.4, 0.5) is 0 Å². The summed E-state index contributed by atoms with van der Waals surface area (Å²) in [5.41, 5.74) is 7.58. The molecule has 1 aromatic carbocycles. The third kappa shape index (κ3) is 3.18. The molecular weight excluding hydrogens is 258 g/mol. The molecule has 0 aliphatic carbocycles. The maximum Gasteiger partial charge on any atom is 0.0707 e. The van der Waals surface area contributed by atoms with Crippen LogP contribution < -0.4 is 5.32 Å². The first-order valence-electron chi connectivity index (χ1n) is 7.81. The molecule has 1 N–H and O–H groups in total. The van der Waals surface area contributed by atoms with Crippen LogP contribution >= 0.6 is 0 Å². The molecular formula is C18H27N3. The lowest BCUT2D eigenvalue weighted by atomic mass is 10.0. The predicted molar refractivity (Wildman–Crippen MR) is 89.2 cm³/mol. The van der Waals surface area contributed by atoms with Gasteiger partial charge in [-0.05, 0) is 58.7 Å². The van der Waals surface area contributed by atoms with Crippen molar-refractivity contribution in [3.8, 4) is 5.69 Å². The molecule has 3 nitrogen and oxygen atoms in total. The van der Waals surface area contributed by atoms with Crippen molar-refractivity contribution < 1.29 is 0 Å². The van der Waals surface area contributed by atoms with Gasteiger partial charge in [-0.2, -0.15) is 5.10 Å². The van der Waals surface area contributed by atoms with Crippen LogP contribution in [-0.2, 0) is 0 Å². The Hall–Kier alpha value is -1.61. The molecule has 0 fully saturated rings. The van der Waals surface area contributed by atoms with Gasteiger partial charge in [-0.3, -0.25) is 0 Å². The summed E-state index contributed by atoms with van der Waals surface area (Å²) in [5.74, 6) is 0. The van der Waals surface area contributed by atoms with Crippen molar-refractivity contribution in [1.82, 2.24) is 15.1 Å². The third-order valence-corrected chi connectivity index (χ3v) is 4.06. The summed E-state index contributed by atoms with van der Waals surface area (Å²) in [6.45, 7) is 14.1. The van der Waals surface area contributed by atoms with Gasteiger partial charge < -0.3 is 5.32 Å². The molecule has 1 unspecified atom stereocenters. The molecule has 0 saturated carbocycles.